The number of carboxylic acids is 1. The number of rotatable bonds is 3. The fourth-order valence-corrected chi connectivity index (χ4v) is 2.96. The Hall–Kier alpha value is -1.10. The molecule has 2 aliphatic heterocycles. The quantitative estimate of drug-likeness (QED) is 0.783. The van der Waals surface area contributed by atoms with Gasteiger partial charge < -0.3 is 15.3 Å². The summed E-state index contributed by atoms with van der Waals surface area (Å²) in [7, 11) is 0. The second-order valence-electron chi connectivity index (χ2n) is 5.45. The minimum absolute atomic E-state index is 0.0891. The van der Waals surface area contributed by atoms with Crippen LogP contribution in [-0.4, -0.2) is 47.6 Å². The number of amides is 1. The lowest BCUT2D eigenvalue weighted by atomic mass is 9.84. The van der Waals surface area contributed by atoms with Gasteiger partial charge >= 0.3 is 5.97 Å². The number of nitrogens with zero attached hydrogens (tertiary/aromatic N) is 1. The van der Waals surface area contributed by atoms with E-state index in [4.69, 9.17) is 0 Å². The molecule has 0 radical (unpaired) electrons. The Kier molecular flexibility index (Phi) is 3.90. The predicted molar refractivity (Wildman–Crippen MR) is 67.2 cm³/mol. The average Bonchev–Trinajstić information content (AvgIpc) is 2.84. The number of carbonyl (C=O) groups is 2. The minimum atomic E-state index is -0.767. The number of aliphatic carboxylic acids is 1. The molecule has 0 aliphatic carbocycles. The first-order valence-electron chi connectivity index (χ1n) is 6.84. The summed E-state index contributed by atoms with van der Waals surface area (Å²) in [6, 6.07) is -0.0970. The van der Waals surface area contributed by atoms with Gasteiger partial charge in [-0.3, -0.25) is 9.59 Å². The van der Waals surface area contributed by atoms with Crippen LogP contribution in [0, 0.1) is 5.41 Å². The molecule has 0 bridgehead atoms. The van der Waals surface area contributed by atoms with Crippen LogP contribution in [0.2, 0.25) is 0 Å². The highest BCUT2D eigenvalue weighted by Crippen LogP contribution is 2.34. The molecule has 2 atom stereocenters. The Balaban J connectivity index is 1.99. The minimum Gasteiger partial charge on any atom is -0.481 e. The maximum atomic E-state index is 12.3. The predicted octanol–water partition coefficient (Wildman–Crippen LogP) is 0.842. The summed E-state index contributed by atoms with van der Waals surface area (Å²) in [4.78, 5) is 25.4. The number of hydrogen-bond acceptors (Lipinski definition) is 3. The molecule has 2 heterocycles. The third kappa shape index (κ3) is 2.36. The van der Waals surface area contributed by atoms with Gasteiger partial charge in [-0.1, -0.05) is 13.3 Å². The summed E-state index contributed by atoms with van der Waals surface area (Å²) >= 11 is 0. The van der Waals surface area contributed by atoms with Crippen molar-refractivity contribution in [3.05, 3.63) is 0 Å². The Bertz CT molecular complexity index is 339. The van der Waals surface area contributed by atoms with E-state index in [0.29, 0.717) is 25.9 Å². The van der Waals surface area contributed by atoms with E-state index < -0.39 is 11.4 Å². The fourth-order valence-electron chi connectivity index (χ4n) is 2.96. The van der Waals surface area contributed by atoms with E-state index in [-0.39, 0.29) is 11.9 Å². The molecule has 0 spiro atoms. The van der Waals surface area contributed by atoms with E-state index in [1.807, 2.05) is 6.92 Å². The van der Waals surface area contributed by atoms with Crippen LogP contribution < -0.4 is 5.32 Å². The maximum Gasteiger partial charge on any atom is 0.311 e. The summed E-state index contributed by atoms with van der Waals surface area (Å²) < 4.78 is 0. The third-order valence-corrected chi connectivity index (χ3v) is 4.40. The lowest BCUT2D eigenvalue weighted by molar-refractivity contribution is -0.148. The smallest absolute Gasteiger partial charge is 0.311 e. The van der Waals surface area contributed by atoms with E-state index >= 15 is 0 Å². The molecule has 1 amide bonds. The van der Waals surface area contributed by atoms with E-state index in [1.54, 1.807) is 4.90 Å². The number of likely N-dealkylation sites (tertiary alicyclic amines) is 1. The number of carboxylic acid groups (broad SMARTS) is 1. The fraction of sp³-hybridized carbons (Fsp3) is 0.846. The molecule has 18 heavy (non-hydrogen) atoms. The van der Waals surface area contributed by atoms with Gasteiger partial charge in [-0.15, -0.1) is 0 Å². The summed E-state index contributed by atoms with van der Waals surface area (Å²) in [5.74, 6) is -0.678. The molecule has 5 nitrogen and oxygen atoms in total. The van der Waals surface area contributed by atoms with Crippen LogP contribution in [0.25, 0.3) is 0 Å². The normalized spacial score (nSPS) is 32.5. The van der Waals surface area contributed by atoms with Crippen molar-refractivity contribution in [2.45, 2.75) is 45.1 Å². The summed E-state index contributed by atoms with van der Waals surface area (Å²) in [6.45, 7) is 3.73. The average molecular weight is 254 g/mol. The monoisotopic (exact) mass is 254 g/mol. The molecular formula is C13H22N2O3. The van der Waals surface area contributed by atoms with E-state index in [9.17, 15) is 14.7 Å². The largest absolute Gasteiger partial charge is 0.481 e. The zero-order valence-corrected chi connectivity index (χ0v) is 10.9. The van der Waals surface area contributed by atoms with Crippen LogP contribution in [0.5, 0.6) is 0 Å². The topological polar surface area (TPSA) is 69.6 Å². The van der Waals surface area contributed by atoms with Crippen molar-refractivity contribution < 1.29 is 14.7 Å². The highest BCUT2D eigenvalue weighted by Gasteiger charge is 2.45. The molecule has 1 unspecified atom stereocenters. The number of hydrogen-bond donors (Lipinski definition) is 2. The molecule has 0 saturated carbocycles. The van der Waals surface area contributed by atoms with Gasteiger partial charge in [0, 0.05) is 13.1 Å². The zero-order chi connectivity index (χ0) is 13.2. The molecule has 2 fully saturated rings. The zero-order valence-electron chi connectivity index (χ0n) is 10.9. The Morgan fingerprint density at radius 3 is 2.72 bits per heavy atom. The highest BCUT2D eigenvalue weighted by molar-refractivity contribution is 5.84. The van der Waals surface area contributed by atoms with Crippen molar-refractivity contribution in [1.29, 1.82) is 0 Å². The number of carbonyl (C=O) groups excluding carboxylic acids is 1. The lowest BCUT2D eigenvalue weighted by Crippen LogP contribution is -2.48. The summed E-state index contributed by atoms with van der Waals surface area (Å²) in [5.41, 5.74) is -0.718. The molecule has 0 aromatic carbocycles. The maximum absolute atomic E-state index is 12.3. The molecule has 2 N–H and O–H groups in total. The molecule has 2 saturated heterocycles. The first-order valence-corrected chi connectivity index (χ1v) is 6.84. The van der Waals surface area contributed by atoms with E-state index in [1.165, 1.54) is 0 Å². The molecule has 102 valence electrons. The van der Waals surface area contributed by atoms with Crippen LogP contribution in [0.4, 0.5) is 0 Å². The van der Waals surface area contributed by atoms with Gasteiger partial charge in [-0.05, 0) is 32.2 Å². The Labute approximate surface area is 108 Å². The third-order valence-electron chi connectivity index (χ3n) is 4.40. The van der Waals surface area contributed by atoms with Crippen LogP contribution in [0.1, 0.15) is 39.0 Å². The second kappa shape index (κ2) is 5.26. The van der Waals surface area contributed by atoms with E-state index in [2.05, 4.69) is 5.32 Å². The van der Waals surface area contributed by atoms with Gasteiger partial charge in [-0.2, -0.15) is 0 Å². The van der Waals surface area contributed by atoms with Crippen molar-refractivity contribution >= 4 is 11.9 Å². The Morgan fingerprint density at radius 1 is 1.44 bits per heavy atom. The Morgan fingerprint density at radius 2 is 2.22 bits per heavy atom. The van der Waals surface area contributed by atoms with Crippen molar-refractivity contribution in [2.24, 2.45) is 5.41 Å². The first-order chi connectivity index (χ1) is 8.59. The molecule has 2 rings (SSSR count). The molecule has 0 aromatic rings. The standard InChI is InChI=1S/C13H22N2O3/c1-2-13(12(17)18)6-8-15(9-13)11(16)10-5-3-4-7-14-10/h10,14H,2-9H2,1H3,(H,17,18)/t10-,13?/m0/s1. The van der Waals surface area contributed by atoms with E-state index in [0.717, 1.165) is 25.8 Å². The van der Waals surface area contributed by atoms with Gasteiger partial charge in [-0.25, -0.2) is 0 Å². The van der Waals surface area contributed by atoms with Crippen molar-refractivity contribution in [3.8, 4) is 0 Å². The van der Waals surface area contributed by atoms with Crippen molar-refractivity contribution in [2.75, 3.05) is 19.6 Å². The van der Waals surface area contributed by atoms with Gasteiger partial charge in [0.05, 0.1) is 11.5 Å². The van der Waals surface area contributed by atoms with Gasteiger partial charge in [0.25, 0.3) is 0 Å². The molecule has 5 heteroatoms. The van der Waals surface area contributed by atoms with Crippen molar-refractivity contribution in [3.63, 3.8) is 0 Å². The summed E-state index contributed by atoms with van der Waals surface area (Å²) in [6.07, 6.45) is 4.25. The number of piperidine rings is 1. The van der Waals surface area contributed by atoms with Gasteiger partial charge in [0.15, 0.2) is 0 Å². The molecular weight excluding hydrogens is 232 g/mol. The van der Waals surface area contributed by atoms with Crippen LogP contribution in [-0.2, 0) is 9.59 Å². The SMILES string of the molecule is CCC1(C(=O)O)CCN(C(=O)[C@@H]2CCCCN2)C1. The molecule has 2 aliphatic rings. The van der Waals surface area contributed by atoms with Crippen molar-refractivity contribution in [1.82, 2.24) is 10.2 Å². The van der Waals surface area contributed by atoms with Crippen LogP contribution in [0.15, 0.2) is 0 Å². The van der Waals surface area contributed by atoms with Gasteiger partial charge in [0.1, 0.15) is 0 Å². The summed E-state index contributed by atoms with van der Waals surface area (Å²) in [5, 5.41) is 12.6. The van der Waals surface area contributed by atoms with Gasteiger partial charge in [0.2, 0.25) is 5.91 Å². The lowest BCUT2D eigenvalue weighted by Gasteiger charge is -2.28. The second-order valence-corrected chi connectivity index (χ2v) is 5.45. The number of nitrogens with one attached hydrogen (secondary N) is 1. The highest BCUT2D eigenvalue weighted by atomic mass is 16.4. The van der Waals surface area contributed by atoms with Crippen LogP contribution in [0.3, 0.4) is 0 Å². The molecule has 0 aromatic heterocycles. The van der Waals surface area contributed by atoms with Crippen LogP contribution >= 0.6 is 0 Å². The first kappa shape index (κ1) is 13.3.